The predicted molar refractivity (Wildman–Crippen MR) is 66.1 cm³/mol. The fraction of sp³-hybridized carbons (Fsp3) is 0.100. The van der Waals surface area contributed by atoms with Gasteiger partial charge in [0.2, 0.25) is 0 Å². The number of halogens is 1. The van der Waals surface area contributed by atoms with Gasteiger partial charge in [-0.3, -0.25) is 4.79 Å². The number of thiol groups is 1. The zero-order valence-electron chi connectivity index (χ0n) is 8.12. The third kappa shape index (κ3) is 2.91. The Morgan fingerprint density at radius 1 is 1.60 bits per heavy atom. The van der Waals surface area contributed by atoms with Gasteiger partial charge in [0.25, 0.3) is 5.91 Å². The topological polar surface area (TPSA) is 55.1 Å². The third-order valence-electron chi connectivity index (χ3n) is 1.85. The number of hydrogen-bond donors (Lipinski definition) is 3. The predicted octanol–water partition coefficient (Wildman–Crippen LogP) is 2.32. The summed E-state index contributed by atoms with van der Waals surface area (Å²) in [5, 5.41) is 3.12. The van der Waals surface area contributed by atoms with Gasteiger partial charge < -0.3 is 11.1 Å². The summed E-state index contributed by atoms with van der Waals surface area (Å²) in [6, 6.07) is 5.37. The number of nitrogens with two attached hydrogens (primary N) is 1. The van der Waals surface area contributed by atoms with Crippen LogP contribution in [0, 0.1) is 6.92 Å². The Hall–Kier alpha value is -1.13. The SMILES string of the molecule is Cc1cccc(Cl)c1NC(=O)/C(S)=C/N. The number of anilines is 1. The highest BCUT2D eigenvalue weighted by Crippen LogP contribution is 2.25. The highest BCUT2D eigenvalue weighted by atomic mass is 35.5. The van der Waals surface area contributed by atoms with E-state index < -0.39 is 0 Å². The largest absolute Gasteiger partial charge is 0.404 e. The molecule has 0 bridgehead atoms. The van der Waals surface area contributed by atoms with Gasteiger partial charge in [-0.2, -0.15) is 0 Å². The number of nitrogens with one attached hydrogen (secondary N) is 1. The molecule has 1 amide bonds. The highest BCUT2D eigenvalue weighted by Gasteiger charge is 2.09. The van der Waals surface area contributed by atoms with Crippen LogP contribution in [-0.2, 0) is 4.79 Å². The molecule has 0 aliphatic heterocycles. The van der Waals surface area contributed by atoms with Crippen LogP contribution in [0.2, 0.25) is 5.02 Å². The number of aryl methyl sites for hydroxylation is 1. The smallest absolute Gasteiger partial charge is 0.263 e. The van der Waals surface area contributed by atoms with Crippen LogP contribution in [0.4, 0.5) is 5.69 Å². The summed E-state index contributed by atoms with van der Waals surface area (Å²) in [6.07, 6.45) is 1.13. The Bertz CT molecular complexity index is 398. The monoisotopic (exact) mass is 242 g/mol. The maximum atomic E-state index is 11.5. The number of para-hydroxylation sites is 1. The molecule has 0 unspecified atom stereocenters. The van der Waals surface area contributed by atoms with Crippen molar-refractivity contribution < 1.29 is 4.79 Å². The molecule has 0 saturated carbocycles. The summed E-state index contributed by atoms with van der Waals surface area (Å²) >= 11 is 9.84. The summed E-state index contributed by atoms with van der Waals surface area (Å²) in [4.78, 5) is 11.6. The highest BCUT2D eigenvalue weighted by molar-refractivity contribution is 7.85. The molecular weight excluding hydrogens is 232 g/mol. The molecule has 1 aromatic rings. The van der Waals surface area contributed by atoms with Crippen LogP contribution >= 0.6 is 24.2 Å². The van der Waals surface area contributed by atoms with Gasteiger partial charge in [-0.25, -0.2) is 0 Å². The van der Waals surface area contributed by atoms with Crippen molar-refractivity contribution in [2.24, 2.45) is 5.73 Å². The lowest BCUT2D eigenvalue weighted by atomic mass is 10.2. The molecule has 0 aromatic heterocycles. The second-order valence-corrected chi connectivity index (χ2v) is 3.83. The van der Waals surface area contributed by atoms with Gasteiger partial charge in [0.15, 0.2) is 0 Å². The van der Waals surface area contributed by atoms with Crippen LogP contribution in [0.25, 0.3) is 0 Å². The lowest BCUT2D eigenvalue weighted by Gasteiger charge is -2.09. The summed E-state index contributed by atoms with van der Waals surface area (Å²) in [7, 11) is 0. The summed E-state index contributed by atoms with van der Waals surface area (Å²) in [5.74, 6) is -0.378. The second-order valence-electron chi connectivity index (χ2n) is 2.94. The van der Waals surface area contributed by atoms with Crippen molar-refractivity contribution in [2.45, 2.75) is 6.92 Å². The Morgan fingerprint density at radius 3 is 2.80 bits per heavy atom. The average molecular weight is 243 g/mol. The molecule has 0 fully saturated rings. The van der Waals surface area contributed by atoms with Crippen molar-refractivity contribution in [3.05, 3.63) is 39.9 Å². The molecule has 15 heavy (non-hydrogen) atoms. The van der Waals surface area contributed by atoms with E-state index in [1.165, 1.54) is 0 Å². The molecule has 1 aromatic carbocycles. The third-order valence-corrected chi connectivity index (χ3v) is 2.52. The van der Waals surface area contributed by atoms with Crippen LogP contribution in [-0.4, -0.2) is 5.91 Å². The quantitative estimate of drug-likeness (QED) is 0.551. The molecule has 5 heteroatoms. The molecule has 0 aliphatic carbocycles. The van der Waals surface area contributed by atoms with E-state index in [0.717, 1.165) is 11.8 Å². The van der Waals surface area contributed by atoms with Gasteiger partial charge in [-0.05, 0) is 18.6 Å². The first-order valence-corrected chi connectivity index (χ1v) is 5.06. The van der Waals surface area contributed by atoms with Crippen LogP contribution < -0.4 is 11.1 Å². The van der Waals surface area contributed by atoms with Gasteiger partial charge in [-0.15, -0.1) is 12.6 Å². The zero-order chi connectivity index (χ0) is 11.4. The van der Waals surface area contributed by atoms with E-state index in [2.05, 4.69) is 17.9 Å². The van der Waals surface area contributed by atoms with Crippen LogP contribution in [0.1, 0.15) is 5.56 Å². The summed E-state index contributed by atoms with van der Waals surface area (Å²) in [5.41, 5.74) is 6.63. The molecule has 3 N–H and O–H groups in total. The number of hydrogen-bond acceptors (Lipinski definition) is 3. The summed E-state index contributed by atoms with van der Waals surface area (Å²) < 4.78 is 0. The number of carbonyl (C=O) groups excluding carboxylic acids is 1. The molecule has 0 spiro atoms. The Balaban J connectivity index is 2.95. The first kappa shape index (κ1) is 11.9. The van der Waals surface area contributed by atoms with Gasteiger partial charge in [-0.1, -0.05) is 23.7 Å². The normalized spacial score (nSPS) is 11.3. The molecule has 0 radical (unpaired) electrons. The first-order chi connectivity index (χ1) is 7.06. The molecule has 0 aliphatic rings. The van der Waals surface area contributed by atoms with Crippen molar-refractivity contribution in [1.29, 1.82) is 0 Å². The van der Waals surface area contributed by atoms with E-state index in [9.17, 15) is 4.79 Å². The van der Waals surface area contributed by atoms with E-state index in [1.54, 1.807) is 6.07 Å². The maximum Gasteiger partial charge on any atom is 0.263 e. The van der Waals surface area contributed by atoms with Crippen molar-refractivity contribution in [1.82, 2.24) is 0 Å². The molecule has 3 nitrogen and oxygen atoms in total. The van der Waals surface area contributed by atoms with Gasteiger partial charge >= 0.3 is 0 Å². The van der Waals surface area contributed by atoms with Gasteiger partial charge in [0.1, 0.15) is 0 Å². The lowest BCUT2D eigenvalue weighted by Crippen LogP contribution is -2.13. The molecule has 1 rings (SSSR count). The average Bonchev–Trinajstić information content (AvgIpc) is 2.22. The van der Waals surface area contributed by atoms with Crippen molar-refractivity contribution in [2.75, 3.05) is 5.32 Å². The standard InChI is InChI=1S/C10H11ClN2OS/c1-6-3-2-4-7(11)9(6)13-10(14)8(15)5-12/h2-5,15H,12H2,1H3,(H,13,14)/b8-5-. The molecule has 0 saturated heterocycles. The van der Waals surface area contributed by atoms with Crippen molar-refractivity contribution in [3.63, 3.8) is 0 Å². The maximum absolute atomic E-state index is 11.5. The van der Waals surface area contributed by atoms with Crippen LogP contribution in [0.3, 0.4) is 0 Å². The molecular formula is C10H11ClN2OS. The Morgan fingerprint density at radius 2 is 2.27 bits per heavy atom. The van der Waals surface area contributed by atoms with E-state index >= 15 is 0 Å². The number of rotatable bonds is 2. The Labute approximate surface area is 98.7 Å². The minimum absolute atomic E-state index is 0.148. The second kappa shape index (κ2) is 5.09. The fourth-order valence-electron chi connectivity index (χ4n) is 1.04. The van der Waals surface area contributed by atoms with Gasteiger partial charge in [0.05, 0.1) is 15.6 Å². The zero-order valence-corrected chi connectivity index (χ0v) is 9.77. The first-order valence-electron chi connectivity index (χ1n) is 4.23. The van der Waals surface area contributed by atoms with Crippen molar-refractivity contribution >= 4 is 35.8 Å². The van der Waals surface area contributed by atoms with Gasteiger partial charge in [0, 0.05) is 6.20 Å². The lowest BCUT2D eigenvalue weighted by molar-refractivity contribution is -0.112. The van der Waals surface area contributed by atoms with E-state index in [4.69, 9.17) is 17.3 Å². The van der Waals surface area contributed by atoms with Crippen molar-refractivity contribution in [3.8, 4) is 0 Å². The molecule has 80 valence electrons. The van der Waals surface area contributed by atoms with Crippen LogP contribution in [0.5, 0.6) is 0 Å². The number of carbonyl (C=O) groups is 1. The molecule has 0 atom stereocenters. The van der Waals surface area contributed by atoms with E-state index in [-0.39, 0.29) is 10.8 Å². The minimum atomic E-state index is -0.378. The van der Waals surface area contributed by atoms with Crippen LogP contribution in [0.15, 0.2) is 29.3 Å². The van der Waals surface area contributed by atoms with E-state index in [1.807, 2.05) is 19.1 Å². The minimum Gasteiger partial charge on any atom is -0.404 e. The van der Waals surface area contributed by atoms with E-state index in [0.29, 0.717) is 10.7 Å². The number of amides is 1. The summed E-state index contributed by atoms with van der Waals surface area (Å²) in [6.45, 7) is 1.85. The number of benzene rings is 1. The fourth-order valence-corrected chi connectivity index (χ4v) is 1.37. The molecule has 0 heterocycles. The Kier molecular flexibility index (Phi) is 4.05.